The van der Waals surface area contributed by atoms with Crippen LogP contribution in [0.5, 0.6) is 0 Å². The summed E-state index contributed by atoms with van der Waals surface area (Å²) < 4.78 is 9.44. The second kappa shape index (κ2) is 4.73. The van der Waals surface area contributed by atoms with Gasteiger partial charge in [0.2, 0.25) is 5.95 Å². The van der Waals surface area contributed by atoms with E-state index in [9.17, 15) is 0 Å². The lowest BCUT2D eigenvalue weighted by Gasteiger charge is -1.94. The molecular weight excluding hydrogens is 212 g/mol. The van der Waals surface area contributed by atoms with E-state index in [1.54, 1.807) is 0 Å². The molecule has 0 spiro atoms. The van der Waals surface area contributed by atoms with Gasteiger partial charge in [-0.15, -0.1) is 0 Å². The standard InChI is InChI=1S/C5H6N6.C3H6O2/c6-3-2-4(9-1-8-2)11-5(7)10-3;1-2-5-3-4-1/h1H,(H5,6,7,8,9,10,11);1-3H2. The van der Waals surface area contributed by atoms with Gasteiger partial charge in [0.1, 0.15) is 12.3 Å². The topological polar surface area (TPSA) is 125 Å². The number of nitrogens with two attached hydrogens (primary N) is 2. The minimum Gasteiger partial charge on any atom is -0.382 e. The number of nitrogen functional groups attached to an aromatic ring is 2. The Morgan fingerprint density at radius 2 is 1.94 bits per heavy atom. The number of hydrogen-bond acceptors (Lipinski definition) is 7. The van der Waals surface area contributed by atoms with Crippen LogP contribution in [0.3, 0.4) is 0 Å². The summed E-state index contributed by atoms with van der Waals surface area (Å²) in [5.74, 6) is 0.465. The summed E-state index contributed by atoms with van der Waals surface area (Å²) in [6.07, 6.45) is 1.50. The summed E-state index contributed by atoms with van der Waals surface area (Å²) in [5.41, 5.74) is 11.9. The number of rotatable bonds is 0. The normalized spacial score (nSPS) is 14.8. The SMILES string of the molecule is C1COCO1.Nc1nc(N)c2[nH]cnc2n1. The zero-order valence-corrected chi connectivity index (χ0v) is 8.51. The van der Waals surface area contributed by atoms with Crippen LogP contribution in [0.15, 0.2) is 6.33 Å². The Balaban J connectivity index is 0.000000162. The van der Waals surface area contributed by atoms with E-state index in [0.717, 1.165) is 13.2 Å². The van der Waals surface area contributed by atoms with Gasteiger partial charge in [-0.05, 0) is 0 Å². The summed E-state index contributed by atoms with van der Waals surface area (Å²) in [4.78, 5) is 14.3. The molecule has 2 aromatic heterocycles. The Labute approximate surface area is 91.0 Å². The lowest BCUT2D eigenvalue weighted by atomic mass is 10.5. The number of nitrogens with one attached hydrogen (secondary N) is 1. The first-order chi connectivity index (χ1) is 7.77. The van der Waals surface area contributed by atoms with Gasteiger partial charge < -0.3 is 25.9 Å². The van der Waals surface area contributed by atoms with Crippen LogP contribution >= 0.6 is 0 Å². The number of aromatic nitrogens is 4. The van der Waals surface area contributed by atoms with E-state index in [4.69, 9.17) is 20.9 Å². The van der Waals surface area contributed by atoms with Gasteiger partial charge >= 0.3 is 0 Å². The molecule has 1 aliphatic rings. The molecule has 8 heteroatoms. The van der Waals surface area contributed by atoms with E-state index in [-0.39, 0.29) is 5.95 Å². The van der Waals surface area contributed by atoms with E-state index in [1.165, 1.54) is 6.33 Å². The maximum atomic E-state index is 5.50. The fraction of sp³-hybridized carbons (Fsp3) is 0.375. The fourth-order valence-corrected chi connectivity index (χ4v) is 1.17. The molecule has 0 saturated carbocycles. The van der Waals surface area contributed by atoms with Crippen LogP contribution in [-0.4, -0.2) is 39.9 Å². The molecule has 5 N–H and O–H groups in total. The van der Waals surface area contributed by atoms with Crippen molar-refractivity contribution in [2.45, 2.75) is 0 Å². The Kier molecular flexibility index (Phi) is 3.13. The van der Waals surface area contributed by atoms with E-state index in [0.29, 0.717) is 23.8 Å². The highest BCUT2D eigenvalue weighted by Crippen LogP contribution is 2.12. The van der Waals surface area contributed by atoms with Crippen molar-refractivity contribution in [1.82, 2.24) is 19.9 Å². The van der Waals surface area contributed by atoms with Gasteiger partial charge in [0.25, 0.3) is 0 Å². The van der Waals surface area contributed by atoms with Crippen molar-refractivity contribution in [1.29, 1.82) is 0 Å². The molecule has 3 heterocycles. The molecule has 1 fully saturated rings. The number of fused-ring (bicyclic) bond motifs is 1. The van der Waals surface area contributed by atoms with Crippen LogP contribution in [0.1, 0.15) is 0 Å². The van der Waals surface area contributed by atoms with Crippen molar-refractivity contribution in [3.8, 4) is 0 Å². The minimum atomic E-state index is 0.141. The summed E-state index contributed by atoms with van der Waals surface area (Å²) in [7, 11) is 0. The molecule has 1 aliphatic heterocycles. The zero-order chi connectivity index (χ0) is 11.4. The largest absolute Gasteiger partial charge is 0.382 e. The first-order valence-corrected chi connectivity index (χ1v) is 4.65. The number of nitrogens with zero attached hydrogens (tertiary/aromatic N) is 3. The van der Waals surface area contributed by atoms with E-state index >= 15 is 0 Å². The number of H-pyrrole nitrogens is 1. The van der Waals surface area contributed by atoms with Gasteiger partial charge in [-0.1, -0.05) is 0 Å². The van der Waals surface area contributed by atoms with Crippen LogP contribution in [0.4, 0.5) is 11.8 Å². The molecule has 86 valence electrons. The Bertz CT molecular complexity index is 459. The van der Waals surface area contributed by atoms with E-state index in [2.05, 4.69) is 19.9 Å². The summed E-state index contributed by atoms with van der Waals surface area (Å²) in [6.45, 7) is 2.06. The molecule has 16 heavy (non-hydrogen) atoms. The first kappa shape index (κ1) is 10.6. The number of ether oxygens (including phenoxy) is 2. The third-order valence-electron chi connectivity index (χ3n) is 1.87. The molecule has 0 aliphatic carbocycles. The van der Waals surface area contributed by atoms with Gasteiger partial charge in [0.15, 0.2) is 11.5 Å². The molecule has 8 nitrogen and oxygen atoms in total. The van der Waals surface area contributed by atoms with Crippen molar-refractivity contribution in [3.05, 3.63) is 6.33 Å². The van der Waals surface area contributed by atoms with E-state index in [1.807, 2.05) is 0 Å². The molecular formula is C8H12N6O2. The molecule has 0 aromatic carbocycles. The number of hydrogen-bond donors (Lipinski definition) is 3. The van der Waals surface area contributed by atoms with Gasteiger partial charge in [0.05, 0.1) is 19.5 Å². The molecule has 0 bridgehead atoms. The van der Waals surface area contributed by atoms with Crippen molar-refractivity contribution in [2.24, 2.45) is 0 Å². The van der Waals surface area contributed by atoms with Crippen LogP contribution in [0.2, 0.25) is 0 Å². The molecule has 3 rings (SSSR count). The Morgan fingerprint density at radius 1 is 1.19 bits per heavy atom. The highest BCUT2D eigenvalue weighted by atomic mass is 16.7. The van der Waals surface area contributed by atoms with Crippen LogP contribution in [0, 0.1) is 0 Å². The van der Waals surface area contributed by atoms with Gasteiger partial charge in [-0.2, -0.15) is 9.97 Å². The summed E-state index contributed by atoms with van der Waals surface area (Å²) in [6, 6.07) is 0. The second-order valence-corrected chi connectivity index (χ2v) is 3.00. The van der Waals surface area contributed by atoms with E-state index < -0.39 is 0 Å². The van der Waals surface area contributed by atoms with Crippen LogP contribution < -0.4 is 11.5 Å². The van der Waals surface area contributed by atoms with Gasteiger partial charge in [-0.3, -0.25) is 0 Å². The lowest BCUT2D eigenvalue weighted by molar-refractivity contribution is 0.0692. The van der Waals surface area contributed by atoms with Crippen molar-refractivity contribution < 1.29 is 9.47 Å². The fourth-order valence-electron chi connectivity index (χ4n) is 1.17. The smallest absolute Gasteiger partial charge is 0.224 e. The molecule has 0 unspecified atom stereocenters. The lowest BCUT2D eigenvalue weighted by Crippen LogP contribution is -1.99. The average Bonchev–Trinajstić information content (AvgIpc) is 2.90. The highest BCUT2D eigenvalue weighted by Gasteiger charge is 2.03. The number of aromatic amines is 1. The first-order valence-electron chi connectivity index (χ1n) is 4.65. The Morgan fingerprint density at radius 3 is 2.56 bits per heavy atom. The molecule has 0 amide bonds. The molecule has 0 atom stereocenters. The third-order valence-corrected chi connectivity index (χ3v) is 1.87. The zero-order valence-electron chi connectivity index (χ0n) is 8.51. The van der Waals surface area contributed by atoms with Gasteiger partial charge in [0, 0.05) is 0 Å². The monoisotopic (exact) mass is 224 g/mol. The molecule has 1 saturated heterocycles. The number of anilines is 2. The average molecular weight is 224 g/mol. The molecule has 2 aromatic rings. The number of imidazole rings is 1. The highest BCUT2D eigenvalue weighted by molar-refractivity contribution is 5.81. The Hall–Kier alpha value is -1.93. The molecule has 0 radical (unpaired) electrons. The maximum absolute atomic E-state index is 5.50. The van der Waals surface area contributed by atoms with Gasteiger partial charge in [-0.25, -0.2) is 4.98 Å². The van der Waals surface area contributed by atoms with Crippen LogP contribution in [0.25, 0.3) is 11.2 Å². The quantitative estimate of drug-likeness (QED) is 0.551. The summed E-state index contributed by atoms with van der Waals surface area (Å²) in [5, 5.41) is 0. The minimum absolute atomic E-state index is 0.141. The second-order valence-electron chi connectivity index (χ2n) is 3.00. The van der Waals surface area contributed by atoms with Crippen molar-refractivity contribution in [3.63, 3.8) is 0 Å². The van der Waals surface area contributed by atoms with Crippen LogP contribution in [-0.2, 0) is 9.47 Å². The predicted molar refractivity (Wildman–Crippen MR) is 57.3 cm³/mol. The third kappa shape index (κ3) is 2.35. The van der Waals surface area contributed by atoms with Crippen molar-refractivity contribution >= 4 is 22.9 Å². The maximum Gasteiger partial charge on any atom is 0.224 e. The summed E-state index contributed by atoms with van der Waals surface area (Å²) >= 11 is 0. The predicted octanol–water partition coefficient (Wildman–Crippen LogP) is -0.492. The van der Waals surface area contributed by atoms with Crippen molar-refractivity contribution in [2.75, 3.05) is 31.5 Å².